The number of H-pyrrole nitrogens is 2. The van der Waals surface area contributed by atoms with Gasteiger partial charge in [0.2, 0.25) is 0 Å². The summed E-state index contributed by atoms with van der Waals surface area (Å²) in [6.07, 6.45) is -1.38. The Bertz CT molecular complexity index is 3490. The van der Waals surface area contributed by atoms with E-state index in [0.29, 0.717) is 61.5 Å². The first-order chi connectivity index (χ1) is 35.3. The van der Waals surface area contributed by atoms with E-state index in [-0.39, 0.29) is 15.3 Å². The predicted molar refractivity (Wildman–Crippen MR) is 272 cm³/mol. The van der Waals surface area contributed by atoms with Crippen LogP contribution in [0.4, 0.5) is 17.6 Å². The standard InChI is InChI=1S/C27H25F2N5O2S.C26H23F2N5O2S/c1-16-3-5-17(6-4-16)7-9-20-21-13-18(27(35)36-2)8-10-22(21)34(12-11-24-30-32-33-31-24)25(20)19-14-23(26(28)29)37-15-19;1-15-2-4-16(5-3-15)6-8-19-20-12-17(26(34)35)7-9-21(20)33(11-10-23-29-31-32-30-23)24(19)18-13-22(25(27)28)36-14-18/h3-6,8,10,13-15,26H,7,9,11-12H2,1-2H3,(H,30,31,32,33);2-5,7,9,12-14,25H,6,8,10-11H2,1H3,(H,34,35)(H,29,30,31,32). The lowest BCUT2D eigenvalue weighted by Crippen LogP contribution is -2.05. The minimum absolute atomic E-state index is 0.00400. The number of thiophene rings is 2. The van der Waals surface area contributed by atoms with Gasteiger partial charge in [-0.15, -0.1) is 43.1 Å². The molecule has 0 saturated carbocycles. The molecule has 0 saturated heterocycles. The summed E-state index contributed by atoms with van der Waals surface area (Å²) in [6, 6.07) is 30.2. The van der Waals surface area contributed by atoms with Crippen LogP contribution in [0, 0.1) is 13.8 Å². The van der Waals surface area contributed by atoms with Crippen molar-refractivity contribution in [1.29, 1.82) is 0 Å². The van der Waals surface area contributed by atoms with E-state index in [4.69, 9.17) is 4.74 Å². The fraction of sp³-hybridized carbons (Fsp3) is 0.245. The third-order valence-electron chi connectivity index (χ3n) is 12.7. The molecule has 20 heteroatoms. The fourth-order valence-corrected chi connectivity index (χ4v) is 10.6. The molecule has 14 nitrogen and oxygen atoms in total. The first kappa shape index (κ1) is 50.1. The van der Waals surface area contributed by atoms with Crippen LogP contribution in [0.5, 0.6) is 0 Å². The number of aromatic amines is 2. The minimum atomic E-state index is -2.56. The summed E-state index contributed by atoms with van der Waals surface area (Å²) in [6.45, 7) is 5.06. The largest absolute Gasteiger partial charge is 0.478 e. The van der Waals surface area contributed by atoms with Crippen LogP contribution in [0.15, 0.2) is 108 Å². The maximum atomic E-state index is 13.5. The monoisotopic (exact) mass is 1030 g/mol. The van der Waals surface area contributed by atoms with Crippen LogP contribution < -0.4 is 0 Å². The lowest BCUT2D eigenvalue weighted by Gasteiger charge is -2.11. The number of ether oxygens (including phenoxy) is 1. The second-order valence-corrected chi connectivity index (χ2v) is 19.3. The van der Waals surface area contributed by atoms with Gasteiger partial charge < -0.3 is 19.0 Å². The molecule has 0 bridgehead atoms. The van der Waals surface area contributed by atoms with Gasteiger partial charge in [-0.2, -0.15) is 10.4 Å². The number of rotatable bonds is 18. The number of tetrazole rings is 2. The van der Waals surface area contributed by atoms with Crippen molar-refractivity contribution >= 4 is 56.4 Å². The van der Waals surface area contributed by atoms with Crippen LogP contribution in [0.3, 0.4) is 0 Å². The van der Waals surface area contributed by atoms with Crippen LogP contribution in [0.1, 0.15) is 88.4 Å². The van der Waals surface area contributed by atoms with Crippen molar-refractivity contribution in [2.75, 3.05) is 7.11 Å². The molecule has 0 radical (unpaired) electrons. The number of aromatic nitrogens is 10. The summed E-state index contributed by atoms with van der Waals surface area (Å²) >= 11 is 2.07. The number of hydrogen-bond donors (Lipinski definition) is 3. The number of aryl methyl sites for hydroxylation is 10. The van der Waals surface area contributed by atoms with E-state index in [1.165, 1.54) is 29.9 Å². The third-order valence-corrected chi connectivity index (χ3v) is 14.6. The lowest BCUT2D eigenvalue weighted by atomic mass is 9.98. The number of carbonyl (C=O) groups excluding carboxylic acids is 1. The molecular formula is C53H48F4N10O4S2. The molecule has 374 valence electrons. The molecule has 10 rings (SSSR count). The van der Waals surface area contributed by atoms with Gasteiger partial charge in [-0.3, -0.25) is 0 Å². The van der Waals surface area contributed by atoms with Crippen molar-refractivity contribution in [2.45, 2.75) is 78.3 Å². The Balaban J connectivity index is 0.000000180. The number of fused-ring (bicyclic) bond motifs is 2. The first-order valence-electron chi connectivity index (χ1n) is 23.3. The Labute approximate surface area is 423 Å². The maximum absolute atomic E-state index is 13.5. The number of aromatic carboxylic acids is 1. The van der Waals surface area contributed by atoms with E-state index in [0.717, 1.165) is 91.0 Å². The van der Waals surface area contributed by atoms with Gasteiger partial charge in [-0.1, -0.05) is 70.1 Å². The van der Waals surface area contributed by atoms with E-state index < -0.39 is 24.8 Å². The average Bonchev–Trinajstić information content (AvgIpc) is 4.27. The van der Waals surface area contributed by atoms with Gasteiger partial charge >= 0.3 is 11.9 Å². The highest BCUT2D eigenvalue weighted by Gasteiger charge is 2.25. The zero-order chi connectivity index (χ0) is 51.2. The van der Waals surface area contributed by atoms with E-state index in [9.17, 15) is 32.3 Å². The third kappa shape index (κ3) is 11.3. The van der Waals surface area contributed by atoms with Crippen LogP contribution in [0.25, 0.3) is 44.3 Å². The number of nitrogens with one attached hydrogen (secondary N) is 2. The number of methoxy groups -OCH3 is 1. The predicted octanol–water partition coefficient (Wildman–Crippen LogP) is 11.8. The highest BCUT2D eigenvalue weighted by molar-refractivity contribution is 7.10. The molecule has 6 aromatic heterocycles. The Hall–Kier alpha value is -7.84. The number of carboxylic acids is 1. The molecule has 0 aliphatic heterocycles. The molecule has 73 heavy (non-hydrogen) atoms. The Morgan fingerprint density at radius 1 is 0.603 bits per heavy atom. The second kappa shape index (κ2) is 22.3. The number of carboxylic acid groups (broad SMARTS) is 1. The number of benzene rings is 4. The van der Waals surface area contributed by atoms with Crippen molar-refractivity contribution in [1.82, 2.24) is 50.4 Å². The van der Waals surface area contributed by atoms with Gasteiger partial charge in [-0.25, -0.2) is 27.2 Å². The molecule has 3 N–H and O–H groups in total. The summed E-state index contributed by atoms with van der Waals surface area (Å²) in [7, 11) is 1.35. The van der Waals surface area contributed by atoms with E-state index in [1.807, 2.05) is 26.0 Å². The Morgan fingerprint density at radius 3 is 1.42 bits per heavy atom. The summed E-state index contributed by atoms with van der Waals surface area (Å²) in [4.78, 5) is 24.2. The van der Waals surface area contributed by atoms with Crippen molar-refractivity contribution in [3.63, 3.8) is 0 Å². The Morgan fingerprint density at radius 2 is 1.04 bits per heavy atom. The van der Waals surface area contributed by atoms with Crippen molar-refractivity contribution in [3.8, 4) is 22.5 Å². The second-order valence-electron chi connectivity index (χ2n) is 17.4. The molecule has 0 spiro atoms. The van der Waals surface area contributed by atoms with Crippen LogP contribution >= 0.6 is 22.7 Å². The number of alkyl halides is 4. The fourth-order valence-electron chi connectivity index (χ4n) is 9.09. The highest BCUT2D eigenvalue weighted by Crippen LogP contribution is 2.41. The quantitative estimate of drug-likeness (QED) is 0.0552. The number of hydrogen-bond acceptors (Lipinski definition) is 11. The van der Waals surface area contributed by atoms with Gasteiger partial charge in [0.15, 0.2) is 11.6 Å². The summed E-state index contributed by atoms with van der Waals surface area (Å²) in [5.41, 5.74) is 12.0. The summed E-state index contributed by atoms with van der Waals surface area (Å²) < 4.78 is 63.2. The SMILES string of the molecule is COC(=O)c1ccc2c(c1)c(CCc1ccc(C)cc1)c(-c1csc(C(F)F)c1)n2CCc1nn[nH]n1.Cc1ccc(CCc2c(-c3csc(C(F)F)c3)n(CCc3nn[nH]n3)c3ccc(C(=O)O)cc23)cc1. The van der Waals surface area contributed by atoms with Crippen molar-refractivity contribution in [3.05, 3.63) is 174 Å². The first-order valence-corrected chi connectivity index (χ1v) is 25.0. The van der Waals surface area contributed by atoms with E-state index in [2.05, 4.69) is 98.9 Å². The molecule has 0 amide bonds. The van der Waals surface area contributed by atoms with Crippen LogP contribution in [0.2, 0.25) is 0 Å². The van der Waals surface area contributed by atoms with Gasteiger partial charge in [-0.05, 0) is 110 Å². The van der Waals surface area contributed by atoms with Gasteiger partial charge in [0.1, 0.15) is 0 Å². The molecule has 0 aliphatic rings. The molecular weight excluding hydrogens is 981 g/mol. The molecule has 0 atom stereocenters. The van der Waals surface area contributed by atoms with Crippen LogP contribution in [-0.2, 0) is 56.4 Å². The molecule has 4 aromatic carbocycles. The molecule has 0 fully saturated rings. The lowest BCUT2D eigenvalue weighted by molar-refractivity contribution is 0.0600. The maximum Gasteiger partial charge on any atom is 0.337 e. The number of nitrogens with zero attached hydrogens (tertiary/aromatic N) is 8. The highest BCUT2D eigenvalue weighted by atomic mass is 32.1. The molecule has 0 unspecified atom stereocenters. The Kier molecular flexibility index (Phi) is 15.3. The zero-order valence-electron chi connectivity index (χ0n) is 39.8. The van der Waals surface area contributed by atoms with Gasteiger partial charge in [0.05, 0.1) is 39.4 Å². The average molecular weight is 1030 g/mol. The van der Waals surface area contributed by atoms with Gasteiger partial charge in [0, 0.05) is 69.6 Å². The smallest absolute Gasteiger partial charge is 0.337 e. The van der Waals surface area contributed by atoms with Crippen LogP contribution in [-0.4, -0.2) is 74.5 Å². The number of carbonyl (C=O) groups is 2. The van der Waals surface area contributed by atoms with Crippen molar-refractivity contribution < 1.29 is 37.0 Å². The topological polar surface area (TPSA) is 182 Å². The normalized spacial score (nSPS) is 11.5. The van der Waals surface area contributed by atoms with E-state index >= 15 is 0 Å². The minimum Gasteiger partial charge on any atom is -0.478 e. The molecule has 0 aliphatic carbocycles. The zero-order valence-corrected chi connectivity index (χ0v) is 41.4. The van der Waals surface area contributed by atoms with E-state index in [1.54, 1.807) is 41.1 Å². The van der Waals surface area contributed by atoms with Gasteiger partial charge in [0.25, 0.3) is 12.9 Å². The number of esters is 1. The summed E-state index contributed by atoms with van der Waals surface area (Å²) in [5, 5.41) is 43.2. The molecule has 10 aromatic rings. The molecule has 6 heterocycles. The number of halogens is 4. The van der Waals surface area contributed by atoms with Crippen molar-refractivity contribution in [2.24, 2.45) is 0 Å². The summed E-state index contributed by atoms with van der Waals surface area (Å²) in [5.74, 6) is -0.357.